The summed E-state index contributed by atoms with van der Waals surface area (Å²) in [4.78, 5) is 18.3. The predicted octanol–water partition coefficient (Wildman–Crippen LogP) is 2.95. The molecule has 3 rings (SSSR count). The third kappa shape index (κ3) is 12.8. The van der Waals surface area contributed by atoms with E-state index >= 15 is 0 Å². The van der Waals surface area contributed by atoms with Gasteiger partial charge in [-0.3, -0.25) is 4.79 Å². The number of carbonyl (C=O) groups is 1. The Kier molecular flexibility index (Phi) is 19.3. The van der Waals surface area contributed by atoms with Gasteiger partial charge in [0, 0.05) is 56.5 Å². The lowest BCUT2D eigenvalue weighted by Gasteiger charge is -2.49. The molecule has 0 aromatic heterocycles. The molecular formula is C42H82N2O12. The molecule has 3 fully saturated rings. The highest BCUT2D eigenvalue weighted by molar-refractivity contribution is 5.81. The summed E-state index contributed by atoms with van der Waals surface area (Å²) >= 11 is 0. The van der Waals surface area contributed by atoms with Crippen LogP contribution in [-0.4, -0.2) is 171 Å². The zero-order valence-electron chi connectivity index (χ0n) is 37.5. The van der Waals surface area contributed by atoms with Crippen molar-refractivity contribution in [3.05, 3.63) is 0 Å². The quantitative estimate of drug-likeness (QED) is 0.220. The molecule has 0 aromatic carbocycles. The maximum absolute atomic E-state index is 14.4. The molecule has 0 radical (unpaired) electrons. The van der Waals surface area contributed by atoms with Crippen LogP contribution >= 0.6 is 0 Å². The van der Waals surface area contributed by atoms with Crippen LogP contribution < -0.4 is 0 Å². The summed E-state index contributed by atoms with van der Waals surface area (Å²) in [6, 6.07) is -0.708. The van der Waals surface area contributed by atoms with Crippen molar-refractivity contribution in [2.75, 3.05) is 34.8 Å². The minimum atomic E-state index is -1.58. The number of rotatable bonds is 7. The van der Waals surface area contributed by atoms with Crippen LogP contribution in [0.15, 0.2) is 0 Å². The fourth-order valence-electron chi connectivity index (χ4n) is 9.17. The zero-order valence-corrected chi connectivity index (χ0v) is 37.5. The number of methoxy groups -OCH3 is 1. The fraction of sp³-hybridized carbons (Fsp3) is 0.976. The van der Waals surface area contributed by atoms with Crippen molar-refractivity contribution in [3.8, 4) is 0 Å². The highest BCUT2D eigenvalue weighted by Gasteiger charge is 2.52. The minimum absolute atomic E-state index is 0.0219. The van der Waals surface area contributed by atoms with Crippen LogP contribution in [0, 0.1) is 23.7 Å². The molecule has 3 aliphatic heterocycles. The molecule has 3 heterocycles. The average Bonchev–Trinajstić information content (AvgIpc) is 3.09. The van der Waals surface area contributed by atoms with E-state index < -0.39 is 89.8 Å². The van der Waals surface area contributed by atoms with Gasteiger partial charge in [0.05, 0.1) is 47.3 Å². The number of aliphatic hydroxyl groups is 6. The molecule has 332 valence electrons. The van der Waals surface area contributed by atoms with E-state index in [1.54, 1.807) is 48.5 Å². The zero-order chi connectivity index (χ0) is 43.2. The fourth-order valence-corrected chi connectivity index (χ4v) is 9.17. The van der Waals surface area contributed by atoms with Crippen LogP contribution in [0.4, 0.5) is 0 Å². The van der Waals surface area contributed by atoms with Gasteiger partial charge in [-0.2, -0.15) is 0 Å². The lowest BCUT2D eigenvalue weighted by molar-refractivity contribution is -0.317. The highest BCUT2D eigenvalue weighted by atomic mass is 16.7. The van der Waals surface area contributed by atoms with Crippen molar-refractivity contribution in [1.82, 2.24) is 9.80 Å². The molecule has 0 saturated carbocycles. The number of carbonyl (C=O) groups excluding carboxylic acids is 1. The first-order valence-corrected chi connectivity index (χ1v) is 20.9. The van der Waals surface area contributed by atoms with Crippen LogP contribution in [0.1, 0.15) is 115 Å². The summed E-state index contributed by atoms with van der Waals surface area (Å²) in [6.45, 7) is 22.1. The summed E-state index contributed by atoms with van der Waals surface area (Å²) in [5.41, 5.74) is -4.08. The van der Waals surface area contributed by atoms with Gasteiger partial charge in [-0.15, -0.1) is 0 Å². The van der Waals surface area contributed by atoms with Gasteiger partial charge in [0.25, 0.3) is 0 Å². The SMILES string of the molecule is CC(C)O.CC[C@H]1CC(=O)[C@H](C)[C@@H](OC2CC(C)(OC)C(O)C(C)O2)[C@H](C)[C@@H](OC2OC(C)CC(N(C)C)C2O)[C@](C)(O)C[C@@H](C)CN(C)C(C)[C@@H](O)[C@]1(C)O. The Morgan fingerprint density at radius 2 is 1.52 bits per heavy atom. The van der Waals surface area contributed by atoms with Gasteiger partial charge in [-0.1, -0.05) is 34.1 Å². The number of ketones is 1. The molecule has 6 N–H and O–H groups in total. The van der Waals surface area contributed by atoms with E-state index in [0.717, 1.165) is 0 Å². The second-order valence-corrected chi connectivity index (χ2v) is 18.7. The van der Waals surface area contributed by atoms with E-state index in [1.807, 2.05) is 65.6 Å². The van der Waals surface area contributed by atoms with Gasteiger partial charge in [0.1, 0.15) is 18.0 Å². The van der Waals surface area contributed by atoms with Gasteiger partial charge in [-0.05, 0) is 101 Å². The first kappa shape index (κ1) is 51.3. The Labute approximate surface area is 338 Å². The van der Waals surface area contributed by atoms with Gasteiger partial charge in [0.15, 0.2) is 12.6 Å². The van der Waals surface area contributed by atoms with E-state index in [-0.39, 0.29) is 49.2 Å². The lowest BCUT2D eigenvalue weighted by Crippen LogP contribution is -2.60. The van der Waals surface area contributed by atoms with E-state index in [4.69, 9.17) is 28.8 Å². The second kappa shape index (κ2) is 21.1. The van der Waals surface area contributed by atoms with Crippen LogP contribution in [0.5, 0.6) is 0 Å². The molecule has 0 bridgehead atoms. The minimum Gasteiger partial charge on any atom is -0.394 e. The Hall–Kier alpha value is -0.850. The Morgan fingerprint density at radius 3 is 2.04 bits per heavy atom. The molecule has 9 unspecified atom stereocenters. The van der Waals surface area contributed by atoms with Crippen molar-refractivity contribution in [1.29, 1.82) is 0 Å². The topological polar surface area (TPSA) is 191 Å². The molecular weight excluding hydrogens is 724 g/mol. The van der Waals surface area contributed by atoms with Crippen molar-refractivity contribution in [2.45, 2.75) is 205 Å². The lowest BCUT2D eigenvalue weighted by atomic mass is 9.74. The largest absolute Gasteiger partial charge is 0.394 e. The Morgan fingerprint density at radius 1 is 0.946 bits per heavy atom. The molecule has 3 saturated heterocycles. The Bertz CT molecular complexity index is 1190. The number of likely N-dealkylation sites (N-methyl/N-ethyl adjacent to an activating group) is 2. The normalized spacial score (nSPS) is 46.9. The maximum Gasteiger partial charge on any atom is 0.185 e. The first-order valence-electron chi connectivity index (χ1n) is 20.9. The van der Waals surface area contributed by atoms with Gasteiger partial charge < -0.3 is 64.1 Å². The van der Waals surface area contributed by atoms with Crippen molar-refractivity contribution < 1.29 is 59.1 Å². The molecule has 56 heavy (non-hydrogen) atoms. The smallest absolute Gasteiger partial charge is 0.185 e. The molecule has 3 aliphatic rings. The number of ether oxygens (including phenoxy) is 5. The number of Topliss-reactive ketones (excluding diaryl/α,β-unsaturated/α-hetero) is 1. The van der Waals surface area contributed by atoms with E-state index in [9.17, 15) is 30.3 Å². The number of hydrogen-bond acceptors (Lipinski definition) is 14. The number of aliphatic hydroxyl groups excluding tert-OH is 4. The highest BCUT2D eigenvalue weighted by Crippen LogP contribution is 2.41. The second-order valence-electron chi connectivity index (χ2n) is 18.7. The molecule has 14 nitrogen and oxygen atoms in total. The summed E-state index contributed by atoms with van der Waals surface area (Å²) in [5, 5.41) is 66.5. The number of hydrogen-bond donors (Lipinski definition) is 6. The molecule has 18 atom stereocenters. The van der Waals surface area contributed by atoms with Gasteiger partial charge >= 0.3 is 0 Å². The van der Waals surface area contributed by atoms with Crippen molar-refractivity contribution in [3.63, 3.8) is 0 Å². The summed E-state index contributed by atoms with van der Waals surface area (Å²) in [6.07, 6.45) is -6.51. The third-order valence-corrected chi connectivity index (χ3v) is 12.8. The molecule has 0 spiro atoms. The Balaban J connectivity index is 0.00000258. The van der Waals surface area contributed by atoms with E-state index in [2.05, 4.69) is 0 Å². The first-order chi connectivity index (χ1) is 25.6. The maximum atomic E-state index is 14.4. The molecule has 0 aromatic rings. The van der Waals surface area contributed by atoms with Crippen LogP contribution in [0.3, 0.4) is 0 Å². The molecule has 14 heteroatoms. The molecule has 0 amide bonds. The predicted molar refractivity (Wildman–Crippen MR) is 215 cm³/mol. The standard InChI is InChI=1S/C39H74N2O11.C3H8O/c1-15-27-17-29(42)23(4)32(51-30-19-38(9,48-14)34(45)26(7)50-30)24(5)35(52-36-31(43)28(40(11)12)16-22(3)49-36)37(8,46)18-21(2)20-41(13)25(6)33(44)39(27,10)47;1-3(2)4/h21-28,30-36,43-47H,15-20H2,1-14H3;3-4H,1-2H3/t21-,22?,23+,24+,25?,26?,27+,28?,30?,31?,32-,33-,34?,35-,36?,37-,38?,39-;/m1./s1. The summed E-state index contributed by atoms with van der Waals surface area (Å²) in [5.74, 6) is -2.31. The number of nitrogens with zero attached hydrogens (tertiary/aromatic N) is 2. The molecule has 0 aliphatic carbocycles. The summed E-state index contributed by atoms with van der Waals surface area (Å²) < 4.78 is 31.7. The van der Waals surface area contributed by atoms with E-state index in [0.29, 0.717) is 19.4 Å². The van der Waals surface area contributed by atoms with Gasteiger partial charge in [-0.25, -0.2) is 0 Å². The average molecular weight is 807 g/mol. The van der Waals surface area contributed by atoms with Crippen molar-refractivity contribution in [2.24, 2.45) is 23.7 Å². The monoisotopic (exact) mass is 807 g/mol. The van der Waals surface area contributed by atoms with Crippen LogP contribution in [0.25, 0.3) is 0 Å². The summed E-state index contributed by atoms with van der Waals surface area (Å²) in [7, 11) is 7.21. The van der Waals surface area contributed by atoms with E-state index in [1.165, 1.54) is 7.11 Å². The van der Waals surface area contributed by atoms with Crippen molar-refractivity contribution >= 4 is 5.78 Å². The third-order valence-electron chi connectivity index (χ3n) is 12.8. The van der Waals surface area contributed by atoms with Crippen LogP contribution in [-0.2, 0) is 28.5 Å². The van der Waals surface area contributed by atoms with Crippen LogP contribution in [0.2, 0.25) is 0 Å². The van der Waals surface area contributed by atoms with Gasteiger partial charge in [0.2, 0.25) is 0 Å².